The number of hydrogen-bond acceptors (Lipinski definition) is 0. The minimum atomic E-state index is 0.486. The van der Waals surface area contributed by atoms with Gasteiger partial charge in [-0.05, 0) is 79.9 Å². The molecule has 0 nitrogen and oxygen atoms in total. The predicted molar refractivity (Wildman–Crippen MR) is 119 cm³/mol. The van der Waals surface area contributed by atoms with Crippen LogP contribution in [0.25, 0.3) is 16.3 Å². The van der Waals surface area contributed by atoms with Gasteiger partial charge in [0.15, 0.2) is 0 Å². The first-order valence-corrected chi connectivity index (χ1v) is 10.7. The molecule has 0 saturated carbocycles. The summed E-state index contributed by atoms with van der Waals surface area (Å²) in [7, 11) is 0. The molecule has 0 fully saturated rings. The molecule has 134 valence electrons. The average Bonchev–Trinajstić information content (AvgIpc) is 2.70. The molecule has 27 heavy (non-hydrogen) atoms. The Bertz CT molecular complexity index is 1110. The van der Waals surface area contributed by atoms with E-state index in [9.17, 15) is 0 Å². The third-order valence-corrected chi connectivity index (χ3v) is 7.27. The van der Waals surface area contributed by atoms with Gasteiger partial charge in [-0.1, -0.05) is 78.7 Å². The molecular weight excluding hydrogens is 416 g/mol. The minimum absolute atomic E-state index is 0.486. The van der Waals surface area contributed by atoms with Gasteiger partial charge in [-0.2, -0.15) is 0 Å². The molecule has 2 heteroatoms. The fourth-order valence-corrected chi connectivity index (χ4v) is 5.20. The van der Waals surface area contributed by atoms with E-state index in [2.05, 4.69) is 89.6 Å². The molecule has 3 aromatic carbocycles. The fraction of sp³-hybridized carbons (Fsp3) is 0.200. The van der Waals surface area contributed by atoms with Crippen LogP contribution in [-0.4, -0.2) is 0 Å². The van der Waals surface area contributed by atoms with Crippen molar-refractivity contribution >= 4 is 43.9 Å². The second-order valence-corrected chi connectivity index (χ2v) is 8.97. The Kier molecular flexibility index (Phi) is 4.26. The standard InChI is InChI=1S/C25H20BrCl/c1-15-11-23-20(10-8-18-13-24(26)25(27)14-22(18)23)19-9-7-17(12-21(15)19)16-5-3-2-4-6-16/h2-10,13-15,17H,11-12H2,1H3. The van der Waals surface area contributed by atoms with Crippen molar-refractivity contribution in [2.75, 3.05) is 0 Å². The van der Waals surface area contributed by atoms with Crippen LogP contribution >= 0.6 is 27.5 Å². The van der Waals surface area contributed by atoms with Gasteiger partial charge in [0.05, 0.1) is 5.02 Å². The van der Waals surface area contributed by atoms with Crippen molar-refractivity contribution in [2.24, 2.45) is 5.92 Å². The molecule has 0 saturated heterocycles. The zero-order chi connectivity index (χ0) is 18.5. The molecule has 0 heterocycles. The van der Waals surface area contributed by atoms with Crippen molar-refractivity contribution in [3.63, 3.8) is 0 Å². The Labute approximate surface area is 173 Å². The zero-order valence-electron chi connectivity index (χ0n) is 15.2. The van der Waals surface area contributed by atoms with Gasteiger partial charge in [-0.25, -0.2) is 0 Å². The van der Waals surface area contributed by atoms with Gasteiger partial charge in [0, 0.05) is 10.4 Å². The number of hydrogen-bond donors (Lipinski definition) is 0. The van der Waals surface area contributed by atoms with Crippen molar-refractivity contribution in [2.45, 2.75) is 25.7 Å². The summed E-state index contributed by atoms with van der Waals surface area (Å²) >= 11 is 9.97. The van der Waals surface area contributed by atoms with E-state index in [1.54, 1.807) is 5.57 Å². The van der Waals surface area contributed by atoms with Gasteiger partial charge in [0.2, 0.25) is 0 Å². The molecule has 0 spiro atoms. The van der Waals surface area contributed by atoms with Crippen molar-refractivity contribution in [1.29, 1.82) is 0 Å². The van der Waals surface area contributed by atoms with Crippen LogP contribution < -0.4 is 0 Å². The van der Waals surface area contributed by atoms with Crippen LogP contribution in [0.15, 0.2) is 76.8 Å². The van der Waals surface area contributed by atoms with Crippen molar-refractivity contribution in [3.8, 4) is 0 Å². The van der Waals surface area contributed by atoms with Crippen molar-refractivity contribution in [1.82, 2.24) is 0 Å². The van der Waals surface area contributed by atoms with E-state index in [0.717, 1.165) is 22.3 Å². The number of rotatable bonds is 1. The van der Waals surface area contributed by atoms with Gasteiger partial charge in [-0.3, -0.25) is 0 Å². The summed E-state index contributed by atoms with van der Waals surface area (Å²) in [5.41, 5.74) is 7.26. The van der Waals surface area contributed by atoms with E-state index in [-0.39, 0.29) is 0 Å². The molecule has 2 aliphatic carbocycles. The van der Waals surface area contributed by atoms with Crippen LogP contribution in [0, 0.1) is 5.92 Å². The lowest BCUT2D eigenvalue weighted by Crippen LogP contribution is -2.18. The minimum Gasteiger partial charge on any atom is -0.0831 e. The normalized spacial score (nSPS) is 21.3. The second-order valence-electron chi connectivity index (χ2n) is 7.70. The summed E-state index contributed by atoms with van der Waals surface area (Å²) in [4.78, 5) is 0. The van der Waals surface area contributed by atoms with Crippen LogP contribution in [0.5, 0.6) is 0 Å². The highest BCUT2D eigenvalue weighted by atomic mass is 79.9. The Balaban J connectivity index is 1.63. The largest absolute Gasteiger partial charge is 0.0831 e. The summed E-state index contributed by atoms with van der Waals surface area (Å²) < 4.78 is 0.962. The fourth-order valence-electron chi connectivity index (χ4n) is 4.67. The second kappa shape index (κ2) is 6.65. The maximum atomic E-state index is 6.42. The summed E-state index contributed by atoms with van der Waals surface area (Å²) in [5, 5.41) is 3.33. The number of fused-ring (bicyclic) bond motifs is 4. The average molecular weight is 436 g/mol. The maximum Gasteiger partial charge on any atom is 0.0554 e. The number of benzene rings is 3. The van der Waals surface area contributed by atoms with Gasteiger partial charge in [-0.15, -0.1) is 0 Å². The van der Waals surface area contributed by atoms with Crippen molar-refractivity contribution < 1.29 is 0 Å². The molecule has 3 aromatic rings. The van der Waals surface area contributed by atoms with E-state index in [1.165, 1.54) is 33.0 Å². The molecule has 0 amide bonds. The van der Waals surface area contributed by atoms with Gasteiger partial charge in [0.25, 0.3) is 0 Å². The number of allylic oxidation sites excluding steroid dienone is 4. The third kappa shape index (κ3) is 2.88. The lowest BCUT2D eigenvalue weighted by atomic mass is 9.71. The highest BCUT2D eigenvalue weighted by Crippen LogP contribution is 2.46. The molecular formula is C25H20BrCl. The molecule has 5 rings (SSSR count). The van der Waals surface area contributed by atoms with Crippen LogP contribution in [0.1, 0.15) is 36.0 Å². The Morgan fingerprint density at radius 1 is 1.00 bits per heavy atom. The molecule has 0 bridgehead atoms. The van der Waals surface area contributed by atoms with Crippen LogP contribution in [0.2, 0.25) is 5.02 Å². The van der Waals surface area contributed by atoms with E-state index in [1.807, 2.05) is 0 Å². The number of halogens is 2. The lowest BCUT2D eigenvalue weighted by Gasteiger charge is -2.33. The first kappa shape index (κ1) is 17.3. The summed E-state index contributed by atoms with van der Waals surface area (Å²) in [6, 6.07) is 19.6. The van der Waals surface area contributed by atoms with E-state index in [0.29, 0.717) is 11.8 Å². The Morgan fingerprint density at radius 2 is 1.81 bits per heavy atom. The molecule has 0 radical (unpaired) electrons. The smallest absolute Gasteiger partial charge is 0.0554 e. The van der Waals surface area contributed by atoms with Gasteiger partial charge < -0.3 is 0 Å². The lowest BCUT2D eigenvalue weighted by molar-refractivity contribution is 0.614. The molecule has 2 aliphatic rings. The summed E-state index contributed by atoms with van der Waals surface area (Å²) in [6.45, 7) is 2.37. The monoisotopic (exact) mass is 434 g/mol. The predicted octanol–water partition coefficient (Wildman–Crippen LogP) is 7.95. The highest BCUT2D eigenvalue weighted by Gasteiger charge is 2.29. The third-order valence-electron chi connectivity index (χ3n) is 6.08. The molecule has 0 aliphatic heterocycles. The Morgan fingerprint density at radius 3 is 2.63 bits per heavy atom. The molecule has 0 N–H and O–H groups in total. The first-order valence-electron chi connectivity index (χ1n) is 9.49. The molecule has 0 aromatic heterocycles. The van der Waals surface area contributed by atoms with Crippen LogP contribution in [-0.2, 0) is 6.42 Å². The highest BCUT2D eigenvalue weighted by molar-refractivity contribution is 9.10. The molecule has 2 atom stereocenters. The van der Waals surface area contributed by atoms with E-state index in [4.69, 9.17) is 11.6 Å². The van der Waals surface area contributed by atoms with Crippen LogP contribution in [0.3, 0.4) is 0 Å². The van der Waals surface area contributed by atoms with E-state index < -0.39 is 0 Å². The zero-order valence-corrected chi connectivity index (χ0v) is 17.5. The first-order chi connectivity index (χ1) is 13.1. The maximum absolute atomic E-state index is 6.42. The summed E-state index contributed by atoms with van der Waals surface area (Å²) in [5.74, 6) is 1.04. The SMILES string of the molecule is CC1Cc2c(ccc3cc(Br)c(Cl)cc23)C2=C1CC(c1ccccc1)C=C2. The molecule has 2 unspecified atom stereocenters. The Hall–Kier alpha value is -1.83. The van der Waals surface area contributed by atoms with E-state index >= 15 is 0 Å². The van der Waals surface area contributed by atoms with Crippen molar-refractivity contribution in [3.05, 3.63) is 98.5 Å². The quantitative estimate of drug-likeness (QED) is 0.364. The topological polar surface area (TPSA) is 0 Å². The summed E-state index contributed by atoms with van der Waals surface area (Å²) in [6.07, 6.45) is 6.94. The van der Waals surface area contributed by atoms with Gasteiger partial charge in [0.1, 0.15) is 0 Å². The van der Waals surface area contributed by atoms with Gasteiger partial charge >= 0.3 is 0 Å². The van der Waals surface area contributed by atoms with Crippen LogP contribution in [0.4, 0.5) is 0 Å².